The van der Waals surface area contributed by atoms with Crippen molar-refractivity contribution in [3.05, 3.63) is 164 Å². The Bertz CT molecular complexity index is 3000. The average molecular weight is 774 g/mol. The van der Waals surface area contributed by atoms with E-state index in [0.717, 1.165) is 72.1 Å². The molecule has 5 heterocycles. The van der Waals surface area contributed by atoms with Gasteiger partial charge in [-0.2, -0.15) is 0 Å². The Labute approximate surface area is 342 Å². The van der Waals surface area contributed by atoms with Crippen molar-refractivity contribution in [2.24, 2.45) is 0 Å². The lowest BCUT2D eigenvalue weighted by Crippen LogP contribution is -2.11. The molecule has 0 fully saturated rings. The van der Waals surface area contributed by atoms with E-state index in [2.05, 4.69) is 126 Å². The van der Waals surface area contributed by atoms with Gasteiger partial charge in [-0.05, 0) is 82.6 Å². The molecule has 0 atom stereocenters. The summed E-state index contributed by atoms with van der Waals surface area (Å²) in [6.45, 7) is 13.1. The third-order valence-electron chi connectivity index (χ3n) is 11.0. The first-order chi connectivity index (χ1) is 28.5. The predicted molar refractivity (Wildman–Crippen MR) is 236 cm³/mol. The van der Waals surface area contributed by atoms with Crippen LogP contribution in [0.15, 0.2) is 152 Å². The second-order valence-corrected chi connectivity index (χ2v) is 17.1. The van der Waals surface area contributed by atoms with E-state index in [9.17, 15) is 0 Å². The van der Waals surface area contributed by atoms with Gasteiger partial charge in [-0.15, -0.1) is 0 Å². The number of nitrogens with zero attached hydrogens (tertiary/aromatic N) is 7. The van der Waals surface area contributed by atoms with Gasteiger partial charge in [0.05, 0.1) is 38.8 Å². The van der Waals surface area contributed by atoms with Crippen LogP contribution in [0.5, 0.6) is 23.3 Å². The number of aromatic nitrogens is 7. The van der Waals surface area contributed by atoms with Crippen molar-refractivity contribution >= 4 is 43.9 Å². The Kier molecular flexibility index (Phi) is 8.38. The lowest BCUT2D eigenvalue weighted by atomic mass is 9.88. The molecule has 0 saturated carbocycles. The quantitative estimate of drug-likeness (QED) is 0.160. The molecule has 0 aliphatic rings. The minimum Gasteiger partial charge on any atom is -0.439 e. The van der Waals surface area contributed by atoms with Gasteiger partial charge in [0.25, 0.3) is 0 Å². The van der Waals surface area contributed by atoms with Gasteiger partial charge in [0.2, 0.25) is 11.8 Å². The molecule has 10 aromatic rings. The Morgan fingerprint density at radius 1 is 0.424 bits per heavy atom. The van der Waals surface area contributed by atoms with Gasteiger partial charge in [-0.1, -0.05) is 77.9 Å². The summed E-state index contributed by atoms with van der Waals surface area (Å²) in [5.74, 6) is 2.15. The van der Waals surface area contributed by atoms with E-state index in [1.807, 2.05) is 79.4 Å². The van der Waals surface area contributed by atoms with Crippen LogP contribution in [-0.4, -0.2) is 33.6 Å². The van der Waals surface area contributed by atoms with Crippen molar-refractivity contribution in [2.75, 3.05) is 0 Å². The van der Waals surface area contributed by atoms with Gasteiger partial charge >= 0.3 is 0 Å². The Morgan fingerprint density at radius 3 is 1.34 bits per heavy atom. The highest BCUT2D eigenvalue weighted by atomic mass is 16.5. The van der Waals surface area contributed by atoms with Gasteiger partial charge in [-0.25, -0.2) is 19.9 Å². The fraction of sp³-hybridized carbons (Fsp3) is 0.160. The molecule has 10 rings (SSSR count). The normalized spacial score (nSPS) is 12.2. The van der Waals surface area contributed by atoms with Crippen molar-refractivity contribution in [1.29, 1.82) is 0 Å². The molecule has 0 bridgehead atoms. The van der Waals surface area contributed by atoms with Gasteiger partial charge in [0.15, 0.2) is 0 Å². The number of hydrogen-bond donors (Lipinski definition) is 0. The first-order valence-electron chi connectivity index (χ1n) is 19.8. The fourth-order valence-corrected chi connectivity index (χ4v) is 7.81. The molecule has 59 heavy (non-hydrogen) atoms. The minimum absolute atomic E-state index is 0.0829. The van der Waals surface area contributed by atoms with E-state index in [-0.39, 0.29) is 10.8 Å². The molecule has 0 amide bonds. The first kappa shape index (κ1) is 36.1. The smallest absolute Gasteiger partial charge is 0.219 e. The van der Waals surface area contributed by atoms with E-state index in [1.54, 1.807) is 12.4 Å². The topological polar surface area (TPSA) is 84.8 Å². The largest absolute Gasteiger partial charge is 0.439 e. The van der Waals surface area contributed by atoms with Crippen molar-refractivity contribution in [3.8, 4) is 40.3 Å². The van der Waals surface area contributed by atoms with E-state index < -0.39 is 0 Å². The monoisotopic (exact) mass is 773 g/mol. The summed E-state index contributed by atoms with van der Waals surface area (Å²) in [4.78, 5) is 18.7. The molecule has 5 aromatic heterocycles. The second-order valence-electron chi connectivity index (χ2n) is 17.1. The molecule has 0 spiro atoms. The van der Waals surface area contributed by atoms with Crippen molar-refractivity contribution in [3.63, 3.8) is 0 Å². The van der Waals surface area contributed by atoms with Crippen molar-refractivity contribution in [2.45, 2.75) is 52.4 Å². The summed E-state index contributed by atoms with van der Waals surface area (Å²) >= 11 is 0. The predicted octanol–water partition coefficient (Wildman–Crippen LogP) is 12.4. The average Bonchev–Trinajstić information content (AvgIpc) is 3.94. The van der Waals surface area contributed by atoms with Gasteiger partial charge in [0.1, 0.15) is 24.2 Å². The highest BCUT2D eigenvalue weighted by Crippen LogP contribution is 2.39. The van der Waals surface area contributed by atoms with Gasteiger partial charge in [0, 0.05) is 64.9 Å². The summed E-state index contributed by atoms with van der Waals surface area (Å²) in [6.07, 6.45) is 7.38. The molecule has 0 saturated heterocycles. The molecule has 9 heteroatoms. The van der Waals surface area contributed by atoms with E-state index >= 15 is 0 Å². The number of benzene rings is 5. The number of rotatable bonds is 7. The maximum atomic E-state index is 6.65. The lowest BCUT2D eigenvalue weighted by molar-refractivity contribution is 0.438. The summed E-state index contributed by atoms with van der Waals surface area (Å²) in [5.41, 5.74) is 10.9. The summed E-state index contributed by atoms with van der Waals surface area (Å²) < 4.78 is 19.8. The third-order valence-corrected chi connectivity index (χ3v) is 11.0. The van der Waals surface area contributed by atoms with Crippen molar-refractivity contribution < 1.29 is 9.47 Å². The lowest BCUT2D eigenvalue weighted by Gasteiger charge is -2.20. The van der Waals surface area contributed by atoms with Crippen LogP contribution in [0.3, 0.4) is 0 Å². The first-order valence-corrected chi connectivity index (χ1v) is 19.8. The number of pyridine rings is 2. The SMILES string of the molecule is CC(C)(C)c1ccnc(Oc2cc(Oc3cc(C(C)(C)C)ccn3)cc(-n3c4cc(-n5cnc6ccccc65)ccc4c4ccc(-n5cnc6ccccc65)cc43)c2)c1. The van der Waals surface area contributed by atoms with Crippen LogP contribution < -0.4 is 9.47 Å². The highest BCUT2D eigenvalue weighted by molar-refractivity contribution is 6.10. The number of hydrogen-bond acceptors (Lipinski definition) is 6. The zero-order valence-corrected chi connectivity index (χ0v) is 33.9. The molecular weight excluding hydrogens is 731 g/mol. The second kappa shape index (κ2) is 13.7. The van der Waals surface area contributed by atoms with Gasteiger partial charge < -0.3 is 14.0 Å². The zero-order chi connectivity index (χ0) is 40.5. The molecule has 0 radical (unpaired) electrons. The Balaban J connectivity index is 1.21. The van der Waals surface area contributed by atoms with E-state index in [4.69, 9.17) is 19.4 Å². The number of imidazole rings is 2. The van der Waals surface area contributed by atoms with Crippen LogP contribution in [0, 0.1) is 0 Å². The molecule has 5 aromatic carbocycles. The van der Waals surface area contributed by atoms with Gasteiger partial charge in [-0.3, -0.25) is 9.13 Å². The minimum atomic E-state index is -0.0829. The molecule has 290 valence electrons. The number of para-hydroxylation sites is 4. The van der Waals surface area contributed by atoms with E-state index in [1.165, 1.54) is 0 Å². The van der Waals surface area contributed by atoms with Crippen LogP contribution >= 0.6 is 0 Å². The zero-order valence-electron chi connectivity index (χ0n) is 33.9. The Hall–Kier alpha value is -7.26. The summed E-state index contributed by atoms with van der Waals surface area (Å²) in [6, 6.07) is 43.6. The highest BCUT2D eigenvalue weighted by Gasteiger charge is 2.20. The van der Waals surface area contributed by atoms with Crippen LogP contribution in [0.25, 0.3) is 60.9 Å². The summed E-state index contributed by atoms with van der Waals surface area (Å²) in [7, 11) is 0. The molecule has 0 N–H and O–H groups in total. The summed E-state index contributed by atoms with van der Waals surface area (Å²) in [5, 5.41) is 2.20. The molecular formula is C50H43N7O2. The third kappa shape index (κ3) is 6.64. The molecule has 9 nitrogen and oxygen atoms in total. The van der Waals surface area contributed by atoms with Crippen LogP contribution in [0.4, 0.5) is 0 Å². The standard InChI is InChI=1S/C50H43N7O2/c1-49(2,3)32-19-21-51-47(23-32)58-37-25-36(26-38(29-37)59-48-24-33(20-22-52-48)50(4,5)6)57-45-27-34(55-30-53-41-11-7-9-13-43(41)55)15-17-39(45)40-18-16-35(28-46(40)57)56-31-54-42-12-8-10-14-44(42)56/h7-31H,1-6H3. The van der Waals surface area contributed by atoms with Crippen molar-refractivity contribution in [1.82, 2.24) is 33.6 Å². The maximum Gasteiger partial charge on any atom is 0.219 e. The molecule has 0 unspecified atom stereocenters. The number of fused-ring (bicyclic) bond motifs is 5. The van der Waals surface area contributed by atoms with Crippen LogP contribution in [-0.2, 0) is 10.8 Å². The molecule has 0 aliphatic heterocycles. The Morgan fingerprint density at radius 2 is 0.881 bits per heavy atom. The number of ether oxygens (including phenoxy) is 2. The van der Waals surface area contributed by atoms with Crippen LogP contribution in [0.1, 0.15) is 52.7 Å². The maximum absolute atomic E-state index is 6.65. The fourth-order valence-electron chi connectivity index (χ4n) is 7.81. The molecule has 0 aliphatic carbocycles. The van der Waals surface area contributed by atoms with Crippen LogP contribution in [0.2, 0.25) is 0 Å². The van der Waals surface area contributed by atoms with E-state index in [0.29, 0.717) is 23.3 Å².